The first-order valence-corrected chi connectivity index (χ1v) is 7.24. The molecular weight excluding hydrogens is 286 g/mol. The van der Waals surface area contributed by atoms with Crippen LogP contribution >= 0.6 is 0 Å². The van der Waals surface area contributed by atoms with Crippen LogP contribution in [0.2, 0.25) is 0 Å². The smallest absolute Gasteiger partial charge is 0.314 e. The summed E-state index contributed by atoms with van der Waals surface area (Å²) in [5, 5.41) is 23.2. The number of carboxylic acid groups (broad SMARTS) is 1. The molecule has 0 fully saturated rings. The molecule has 1 rings (SSSR count). The van der Waals surface area contributed by atoms with Crippen molar-refractivity contribution in [3.8, 4) is 0 Å². The number of rotatable bonds is 8. The second-order valence-electron chi connectivity index (χ2n) is 5.99. The van der Waals surface area contributed by atoms with Gasteiger partial charge in [-0.1, -0.05) is 31.7 Å². The number of oxime groups is 1. The number of Topliss-reactive ketones (excluding diaryl/α,β-unsaturated/α-hetero) is 1. The molecule has 1 atom stereocenters. The van der Waals surface area contributed by atoms with Crippen LogP contribution in [0.5, 0.6) is 0 Å². The minimum Gasteiger partial charge on any atom is -0.511 e. The number of hydrogen-bond donors (Lipinski definition) is 2. The number of unbranched alkanes of at least 4 members (excludes halogenated alkanes) is 1. The zero-order valence-corrected chi connectivity index (χ0v) is 13.0. The Hall–Kier alpha value is -2.11. The van der Waals surface area contributed by atoms with Crippen LogP contribution in [0, 0.1) is 11.3 Å². The lowest BCUT2D eigenvalue weighted by molar-refractivity contribution is -0.146. The van der Waals surface area contributed by atoms with E-state index < -0.39 is 17.3 Å². The lowest BCUT2D eigenvalue weighted by Crippen LogP contribution is -2.39. The Balaban J connectivity index is 2.69. The molecule has 6 heteroatoms. The summed E-state index contributed by atoms with van der Waals surface area (Å²) in [6.45, 7) is 7.18. The summed E-state index contributed by atoms with van der Waals surface area (Å²) in [5.41, 5.74) is -0.552. The minimum atomic E-state index is -1.10. The van der Waals surface area contributed by atoms with Crippen molar-refractivity contribution in [2.75, 3.05) is 6.61 Å². The van der Waals surface area contributed by atoms with Crippen LogP contribution < -0.4 is 0 Å². The molecule has 0 aromatic heterocycles. The molecule has 0 saturated carbocycles. The molecule has 1 aliphatic carbocycles. The number of carboxylic acids is 1. The van der Waals surface area contributed by atoms with Gasteiger partial charge >= 0.3 is 5.97 Å². The first kappa shape index (κ1) is 17.9. The predicted molar refractivity (Wildman–Crippen MR) is 82.7 cm³/mol. The first-order valence-electron chi connectivity index (χ1n) is 7.24. The Morgan fingerprint density at radius 2 is 2.23 bits per heavy atom. The molecule has 0 aromatic rings. The van der Waals surface area contributed by atoms with Crippen molar-refractivity contribution in [2.24, 2.45) is 16.5 Å². The van der Waals surface area contributed by atoms with Gasteiger partial charge in [0.05, 0.1) is 0 Å². The highest BCUT2D eigenvalue weighted by molar-refractivity contribution is 5.99. The van der Waals surface area contributed by atoms with Gasteiger partial charge in [0, 0.05) is 18.2 Å². The topological polar surface area (TPSA) is 96.2 Å². The first-order chi connectivity index (χ1) is 10.3. The Morgan fingerprint density at radius 1 is 1.55 bits per heavy atom. The molecule has 0 aliphatic heterocycles. The largest absolute Gasteiger partial charge is 0.511 e. The molecule has 0 amide bonds. The molecular formula is C16H23NO5. The number of aliphatic carboxylic acids is 1. The third-order valence-electron chi connectivity index (χ3n) is 3.67. The van der Waals surface area contributed by atoms with Gasteiger partial charge in [-0.15, -0.1) is 0 Å². The molecule has 0 spiro atoms. The second-order valence-corrected chi connectivity index (χ2v) is 5.99. The van der Waals surface area contributed by atoms with E-state index in [9.17, 15) is 19.8 Å². The Kier molecular flexibility index (Phi) is 6.34. The van der Waals surface area contributed by atoms with E-state index in [0.29, 0.717) is 25.9 Å². The van der Waals surface area contributed by atoms with Gasteiger partial charge < -0.3 is 15.1 Å². The summed E-state index contributed by atoms with van der Waals surface area (Å²) in [6.07, 6.45) is 4.76. The van der Waals surface area contributed by atoms with E-state index in [1.54, 1.807) is 26.1 Å². The maximum absolute atomic E-state index is 12.1. The van der Waals surface area contributed by atoms with Crippen LogP contribution in [0.15, 0.2) is 29.1 Å². The van der Waals surface area contributed by atoms with Crippen molar-refractivity contribution in [3.63, 3.8) is 0 Å². The highest BCUT2D eigenvalue weighted by atomic mass is 16.6. The van der Waals surface area contributed by atoms with Crippen LogP contribution in [0.4, 0.5) is 0 Å². The highest BCUT2D eigenvalue weighted by Crippen LogP contribution is 2.42. The van der Waals surface area contributed by atoms with E-state index in [1.165, 1.54) is 0 Å². The van der Waals surface area contributed by atoms with Crippen LogP contribution in [-0.2, 0) is 14.4 Å². The summed E-state index contributed by atoms with van der Waals surface area (Å²) >= 11 is 0. The zero-order valence-electron chi connectivity index (χ0n) is 13.0. The minimum absolute atomic E-state index is 0.125. The Morgan fingerprint density at radius 3 is 2.82 bits per heavy atom. The number of hydrogen-bond acceptors (Lipinski definition) is 5. The van der Waals surface area contributed by atoms with Gasteiger partial charge in [-0.05, 0) is 24.7 Å². The van der Waals surface area contributed by atoms with E-state index in [4.69, 9.17) is 4.84 Å². The van der Waals surface area contributed by atoms with E-state index >= 15 is 0 Å². The van der Waals surface area contributed by atoms with Gasteiger partial charge in [-0.2, -0.15) is 0 Å². The third kappa shape index (κ3) is 4.44. The fourth-order valence-corrected chi connectivity index (χ4v) is 2.60. The monoisotopic (exact) mass is 309 g/mol. The van der Waals surface area contributed by atoms with Gasteiger partial charge in [0.2, 0.25) is 0 Å². The van der Waals surface area contributed by atoms with Crippen LogP contribution in [-0.4, -0.2) is 34.8 Å². The molecule has 1 aliphatic rings. The quantitative estimate of drug-likeness (QED) is 0.311. The number of carbonyl (C=O) groups excluding carboxylic acids is 1. The van der Waals surface area contributed by atoms with E-state index in [-0.39, 0.29) is 23.5 Å². The second kappa shape index (κ2) is 7.77. The van der Waals surface area contributed by atoms with Gasteiger partial charge in [-0.25, -0.2) is 0 Å². The fraction of sp³-hybridized carbons (Fsp3) is 0.562. The molecule has 122 valence electrons. The van der Waals surface area contributed by atoms with Crippen molar-refractivity contribution in [1.82, 2.24) is 0 Å². The van der Waals surface area contributed by atoms with Gasteiger partial charge in [0.15, 0.2) is 5.78 Å². The van der Waals surface area contributed by atoms with Crippen molar-refractivity contribution >= 4 is 18.0 Å². The van der Waals surface area contributed by atoms with Crippen LogP contribution in [0.25, 0.3) is 0 Å². The number of carbonyl (C=O) groups is 2. The van der Waals surface area contributed by atoms with E-state index in [2.05, 4.69) is 11.7 Å². The summed E-state index contributed by atoms with van der Waals surface area (Å²) in [4.78, 5) is 28.3. The molecule has 0 heterocycles. The highest BCUT2D eigenvalue weighted by Gasteiger charge is 2.45. The molecule has 0 bridgehead atoms. The lowest BCUT2D eigenvalue weighted by atomic mass is 9.68. The molecule has 1 unspecified atom stereocenters. The standard InChI is InChI=1S/C16H23NO5/c1-4-9-22-17-8-6-5-7-11-12(18)10-16(2,3)13(14(11)19)15(20)21/h4,8,13,19H,1,5-7,9-10H2,2-3H3,(H,20,21)/b17-8+. The Labute approximate surface area is 130 Å². The van der Waals surface area contributed by atoms with Crippen molar-refractivity contribution in [1.29, 1.82) is 0 Å². The van der Waals surface area contributed by atoms with Gasteiger partial charge in [0.25, 0.3) is 0 Å². The van der Waals surface area contributed by atoms with E-state index in [0.717, 1.165) is 0 Å². The fourth-order valence-electron chi connectivity index (χ4n) is 2.60. The molecule has 0 saturated heterocycles. The van der Waals surface area contributed by atoms with Crippen LogP contribution in [0.3, 0.4) is 0 Å². The molecule has 2 N–H and O–H groups in total. The molecule has 0 aromatic carbocycles. The number of aliphatic hydroxyl groups is 1. The maximum atomic E-state index is 12.1. The molecule has 22 heavy (non-hydrogen) atoms. The van der Waals surface area contributed by atoms with Crippen molar-refractivity contribution in [2.45, 2.75) is 39.5 Å². The number of aliphatic hydroxyl groups excluding tert-OH is 1. The number of allylic oxidation sites excluding steroid dienone is 1. The third-order valence-corrected chi connectivity index (χ3v) is 3.67. The summed E-state index contributed by atoms with van der Waals surface area (Å²) < 4.78 is 0. The normalized spacial score (nSPS) is 21.2. The average Bonchev–Trinajstić information content (AvgIpc) is 2.39. The van der Waals surface area contributed by atoms with Crippen LogP contribution in [0.1, 0.15) is 39.5 Å². The van der Waals surface area contributed by atoms with Gasteiger partial charge in [0.1, 0.15) is 18.3 Å². The molecule has 0 radical (unpaired) electrons. The summed E-state index contributed by atoms with van der Waals surface area (Å²) in [5.74, 6) is -2.62. The predicted octanol–water partition coefficient (Wildman–Crippen LogP) is 2.86. The lowest BCUT2D eigenvalue weighted by Gasteiger charge is -2.35. The van der Waals surface area contributed by atoms with Crippen molar-refractivity contribution in [3.05, 3.63) is 24.0 Å². The summed E-state index contributed by atoms with van der Waals surface area (Å²) in [6, 6.07) is 0. The number of nitrogens with zero attached hydrogens (tertiary/aromatic N) is 1. The summed E-state index contributed by atoms with van der Waals surface area (Å²) in [7, 11) is 0. The SMILES string of the molecule is C=CCO/N=C/CCCC1=C(O)C(C(=O)O)C(C)(C)CC1=O. The zero-order chi connectivity index (χ0) is 16.8. The van der Waals surface area contributed by atoms with Crippen molar-refractivity contribution < 1.29 is 24.6 Å². The van der Waals surface area contributed by atoms with E-state index in [1.807, 2.05) is 0 Å². The Bertz CT molecular complexity index is 505. The average molecular weight is 309 g/mol. The number of ketones is 1. The maximum Gasteiger partial charge on any atom is 0.314 e. The van der Waals surface area contributed by atoms with Gasteiger partial charge in [-0.3, -0.25) is 9.59 Å². The molecule has 6 nitrogen and oxygen atoms in total.